The van der Waals surface area contributed by atoms with E-state index in [1.807, 2.05) is 21.1 Å². The van der Waals surface area contributed by atoms with Gasteiger partial charge in [0.2, 0.25) is 5.91 Å². The van der Waals surface area contributed by atoms with Crippen LogP contribution in [-0.4, -0.2) is 73.4 Å². The maximum absolute atomic E-state index is 13.0. The van der Waals surface area contributed by atoms with E-state index in [1.165, 1.54) is 122 Å². The molecule has 390 valence electrons. The molecule has 0 aromatic rings. The smallest absolute Gasteiger partial charge is 0.391 e. The van der Waals surface area contributed by atoms with Gasteiger partial charge in [-0.05, 0) is 64.2 Å². The summed E-state index contributed by atoms with van der Waals surface area (Å²) < 4.78 is 23.8. The Bertz CT molecular complexity index is 1320. The zero-order chi connectivity index (χ0) is 49.2. The molecule has 0 fully saturated rings. The van der Waals surface area contributed by atoms with Crippen LogP contribution >= 0.6 is 7.82 Å². The van der Waals surface area contributed by atoms with Crippen molar-refractivity contribution in [3.05, 3.63) is 72.9 Å². The Kier molecular flexibility index (Phi) is 47.4. The number of hydrogen-bond acceptors (Lipinski definition) is 5. The summed E-state index contributed by atoms with van der Waals surface area (Å²) in [5.74, 6) is -0.160. The van der Waals surface area contributed by atoms with Crippen molar-refractivity contribution < 1.29 is 32.9 Å². The largest absolute Gasteiger partial charge is 0.472 e. The number of quaternary nitrogens is 1. The molecule has 0 bridgehead atoms. The summed E-state index contributed by atoms with van der Waals surface area (Å²) in [6.07, 6.45) is 66.6. The molecule has 67 heavy (non-hydrogen) atoms. The third-order valence-electron chi connectivity index (χ3n) is 12.2. The quantitative estimate of drug-likeness (QED) is 0.0243. The molecule has 0 spiro atoms. The van der Waals surface area contributed by atoms with Gasteiger partial charge >= 0.3 is 7.82 Å². The van der Waals surface area contributed by atoms with Crippen molar-refractivity contribution in [1.29, 1.82) is 0 Å². The van der Waals surface area contributed by atoms with E-state index in [1.54, 1.807) is 0 Å². The van der Waals surface area contributed by atoms with Crippen LogP contribution in [0.1, 0.15) is 239 Å². The van der Waals surface area contributed by atoms with Crippen LogP contribution in [0.25, 0.3) is 0 Å². The number of phosphoric acid groups is 1. The summed E-state index contributed by atoms with van der Waals surface area (Å²) >= 11 is 0. The molecule has 3 N–H and O–H groups in total. The highest BCUT2D eigenvalue weighted by molar-refractivity contribution is 7.47. The first kappa shape index (κ1) is 64.9. The molecule has 0 aromatic heterocycles. The molecular formula is C58H108N2O6P+. The highest BCUT2D eigenvalue weighted by Gasteiger charge is 2.28. The minimum atomic E-state index is -4.33. The highest BCUT2D eigenvalue weighted by atomic mass is 31.2. The van der Waals surface area contributed by atoms with Gasteiger partial charge in [-0.25, -0.2) is 4.57 Å². The van der Waals surface area contributed by atoms with Gasteiger partial charge in [0.1, 0.15) is 13.2 Å². The van der Waals surface area contributed by atoms with Gasteiger partial charge in [0.05, 0.1) is 39.9 Å². The third-order valence-corrected chi connectivity index (χ3v) is 13.2. The summed E-state index contributed by atoms with van der Waals surface area (Å²) in [5.41, 5.74) is 0. The molecule has 0 aliphatic heterocycles. The highest BCUT2D eigenvalue weighted by Crippen LogP contribution is 2.43. The van der Waals surface area contributed by atoms with Gasteiger partial charge in [-0.2, -0.15) is 0 Å². The van der Waals surface area contributed by atoms with Crippen molar-refractivity contribution >= 4 is 13.7 Å². The lowest BCUT2D eigenvalue weighted by molar-refractivity contribution is -0.870. The van der Waals surface area contributed by atoms with Gasteiger partial charge in [-0.15, -0.1) is 0 Å². The normalized spacial score (nSPS) is 14.6. The second kappa shape index (κ2) is 48.9. The molecule has 3 unspecified atom stereocenters. The van der Waals surface area contributed by atoms with E-state index < -0.39 is 20.0 Å². The number of likely N-dealkylation sites (N-methyl/N-ethyl adjacent to an activating group) is 1. The molecule has 0 saturated heterocycles. The minimum Gasteiger partial charge on any atom is -0.391 e. The fourth-order valence-corrected chi connectivity index (χ4v) is 8.61. The van der Waals surface area contributed by atoms with E-state index in [-0.39, 0.29) is 19.1 Å². The van der Waals surface area contributed by atoms with Crippen LogP contribution in [0.3, 0.4) is 0 Å². The van der Waals surface area contributed by atoms with Crippen LogP contribution in [0.5, 0.6) is 0 Å². The van der Waals surface area contributed by atoms with E-state index >= 15 is 0 Å². The predicted molar refractivity (Wildman–Crippen MR) is 290 cm³/mol. The lowest BCUT2D eigenvalue weighted by Gasteiger charge is -2.26. The first-order valence-corrected chi connectivity index (χ1v) is 29.3. The number of carbonyl (C=O) groups excluding carboxylic acids is 1. The number of carbonyl (C=O) groups is 1. The van der Waals surface area contributed by atoms with E-state index in [0.717, 1.165) is 89.9 Å². The van der Waals surface area contributed by atoms with Gasteiger partial charge in [0, 0.05) is 6.42 Å². The zero-order valence-electron chi connectivity index (χ0n) is 44.4. The number of phosphoric ester groups is 1. The molecule has 8 nitrogen and oxygen atoms in total. The van der Waals surface area contributed by atoms with Gasteiger partial charge in [-0.3, -0.25) is 13.8 Å². The SMILES string of the molecule is CC/C=C\C/C=C\C/C=C\C/C=C\C/C=C\C/C=C\CCCCCCCCC(=O)NC(COP(=O)(O)OCC[N+](C)(C)C)C(O)CCCCCCCCCCCCCCCCCCCCCC. The van der Waals surface area contributed by atoms with Crippen molar-refractivity contribution in [3.8, 4) is 0 Å². The molecule has 1 amide bonds. The summed E-state index contributed by atoms with van der Waals surface area (Å²) in [6, 6.07) is -0.774. The minimum absolute atomic E-state index is 0.0682. The number of aliphatic hydroxyl groups excluding tert-OH is 1. The zero-order valence-corrected chi connectivity index (χ0v) is 45.3. The topological polar surface area (TPSA) is 105 Å². The number of rotatable bonds is 50. The Morgan fingerprint density at radius 3 is 1.31 bits per heavy atom. The second-order valence-electron chi connectivity index (χ2n) is 19.9. The second-order valence-corrected chi connectivity index (χ2v) is 21.4. The molecule has 0 heterocycles. The monoisotopic (exact) mass is 960 g/mol. The molecule has 0 saturated carbocycles. The number of aliphatic hydroxyl groups is 1. The molecule has 0 rings (SSSR count). The average Bonchev–Trinajstić information content (AvgIpc) is 3.29. The first-order chi connectivity index (χ1) is 32.5. The van der Waals surface area contributed by atoms with Crippen molar-refractivity contribution in [3.63, 3.8) is 0 Å². The van der Waals surface area contributed by atoms with Crippen LogP contribution < -0.4 is 5.32 Å². The molecular weight excluding hydrogens is 852 g/mol. The number of nitrogens with zero attached hydrogens (tertiary/aromatic N) is 1. The van der Waals surface area contributed by atoms with Gasteiger partial charge < -0.3 is 19.8 Å². The van der Waals surface area contributed by atoms with E-state index in [4.69, 9.17) is 9.05 Å². The fourth-order valence-electron chi connectivity index (χ4n) is 7.87. The van der Waals surface area contributed by atoms with Crippen molar-refractivity contribution in [2.24, 2.45) is 0 Å². The predicted octanol–water partition coefficient (Wildman–Crippen LogP) is 16.7. The molecule has 0 aliphatic carbocycles. The van der Waals surface area contributed by atoms with Crippen molar-refractivity contribution in [2.75, 3.05) is 40.9 Å². The Morgan fingerprint density at radius 2 is 0.896 bits per heavy atom. The summed E-state index contributed by atoms with van der Waals surface area (Å²) in [5, 5.41) is 14.1. The Labute approximate surface area is 414 Å². The Balaban J connectivity index is 4.27. The van der Waals surface area contributed by atoms with E-state index in [9.17, 15) is 19.4 Å². The lowest BCUT2D eigenvalue weighted by atomic mass is 10.0. The van der Waals surface area contributed by atoms with Gasteiger partial charge in [-0.1, -0.05) is 241 Å². The number of nitrogens with one attached hydrogen (secondary N) is 1. The molecule has 9 heteroatoms. The van der Waals surface area contributed by atoms with Gasteiger partial charge in [0.15, 0.2) is 0 Å². The fraction of sp³-hybridized carbons (Fsp3) is 0.776. The van der Waals surface area contributed by atoms with Crippen molar-refractivity contribution in [2.45, 2.75) is 251 Å². The third kappa shape index (κ3) is 51.6. The van der Waals surface area contributed by atoms with Crippen LogP contribution in [0.15, 0.2) is 72.9 Å². The summed E-state index contributed by atoms with van der Waals surface area (Å²) in [6.45, 7) is 4.77. The summed E-state index contributed by atoms with van der Waals surface area (Å²) in [7, 11) is 1.60. The standard InChI is InChI=1S/C58H107N2O6P/c1-6-8-10-12-14-16-18-20-22-24-26-28-29-30-31-32-34-36-38-40-42-44-46-48-50-52-58(62)59-56(55-66-67(63,64)65-54-53-60(3,4)5)57(61)51-49-47-45-43-41-39-37-35-33-27-25-23-21-19-17-15-13-11-9-7-2/h8,10,14,16,20,22,26,28,30-31,34,36,56-57,61H,6-7,9,11-13,15,17-19,21,23-25,27,29,32-33,35,37-55H2,1-5H3,(H-,59,62,63,64)/p+1/b10-8-,16-14-,22-20-,28-26-,31-30-,36-34-. The van der Waals surface area contributed by atoms with Crippen LogP contribution in [-0.2, 0) is 18.4 Å². The van der Waals surface area contributed by atoms with E-state index in [2.05, 4.69) is 92.1 Å². The molecule has 0 radical (unpaired) electrons. The molecule has 0 aliphatic rings. The van der Waals surface area contributed by atoms with E-state index in [0.29, 0.717) is 23.9 Å². The Morgan fingerprint density at radius 1 is 0.522 bits per heavy atom. The lowest BCUT2D eigenvalue weighted by Crippen LogP contribution is -2.46. The Hall–Kier alpha value is -2.06. The number of amides is 1. The van der Waals surface area contributed by atoms with Gasteiger partial charge in [0.25, 0.3) is 0 Å². The maximum Gasteiger partial charge on any atom is 0.472 e. The van der Waals surface area contributed by atoms with Crippen molar-refractivity contribution in [1.82, 2.24) is 5.32 Å². The molecule has 0 aromatic carbocycles. The van der Waals surface area contributed by atoms with Crippen LogP contribution in [0.2, 0.25) is 0 Å². The average molecular weight is 960 g/mol. The number of allylic oxidation sites excluding steroid dienone is 12. The van der Waals surface area contributed by atoms with Crippen LogP contribution in [0, 0.1) is 0 Å². The first-order valence-electron chi connectivity index (χ1n) is 27.8. The summed E-state index contributed by atoms with van der Waals surface area (Å²) in [4.78, 5) is 23.3. The number of hydrogen-bond donors (Lipinski definition) is 3. The maximum atomic E-state index is 13.0. The van der Waals surface area contributed by atoms with Crippen LogP contribution in [0.4, 0.5) is 0 Å². The molecule has 3 atom stereocenters. The number of unbranched alkanes of at least 4 members (excludes halogenated alkanes) is 25.